The molecule has 0 aromatic rings. The van der Waals surface area contributed by atoms with Gasteiger partial charge in [0.2, 0.25) is 0 Å². The van der Waals surface area contributed by atoms with E-state index in [0.29, 0.717) is 5.44 Å². The van der Waals surface area contributed by atoms with Crippen molar-refractivity contribution in [3.05, 3.63) is 0 Å². The van der Waals surface area contributed by atoms with Gasteiger partial charge in [-0.2, -0.15) is 0 Å². The number of rotatable bonds is 2. The van der Waals surface area contributed by atoms with Crippen molar-refractivity contribution in [1.82, 2.24) is 0 Å². The largest absolute Gasteiger partial charge is 0.367 e. The molecule has 0 saturated carbocycles. The molecule has 1 aliphatic heterocycles. The Morgan fingerprint density at radius 1 is 1.60 bits per heavy atom. The SMILES string of the molecule is CCC[C@H]1OC[C@@H](C)CS1. The van der Waals surface area contributed by atoms with E-state index in [2.05, 4.69) is 13.8 Å². The lowest BCUT2D eigenvalue weighted by atomic mass is 10.2. The molecule has 10 heavy (non-hydrogen) atoms. The Kier molecular flexibility index (Phi) is 3.57. The van der Waals surface area contributed by atoms with Crippen LogP contribution in [0.5, 0.6) is 0 Å². The third-order valence-corrected chi connectivity index (χ3v) is 3.16. The lowest BCUT2D eigenvalue weighted by Gasteiger charge is -2.25. The first kappa shape index (κ1) is 8.41. The smallest absolute Gasteiger partial charge is 0.103 e. The van der Waals surface area contributed by atoms with Crippen molar-refractivity contribution in [3.63, 3.8) is 0 Å². The molecule has 60 valence electrons. The molecule has 0 aromatic carbocycles. The van der Waals surface area contributed by atoms with Crippen molar-refractivity contribution >= 4 is 11.8 Å². The third kappa shape index (κ3) is 2.51. The molecule has 1 fully saturated rings. The van der Waals surface area contributed by atoms with E-state index >= 15 is 0 Å². The Balaban J connectivity index is 2.13. The summed E-state index contributed by atoms with van der Waals surface area (Å²) in [5.41, 5.74) is 0.501. The molecule has 0 N–H and O–H groups in total. The molecule has 1 rings (SSSR count). The molecular formula is C8H16OS. The number of hydrogen-bond acceptors (Lipinski definition) is 2. The summed E-state index contributed by atoms with van der Waals surface area (Å²) in [5.74, 6) is 2.04. The molecule has 1 saturated heterocycles. The van der Waals surface area contributed by atoms with E-state index in [1.807, 2.05) is 11.8 Å². The summed E-state index contributed by atoms with van der Waals surface area (Å²) < 4.78 is 5.59. The fraction of sp³-hybridized carbons (Fsp3) is 1.00. The Morgan fingerprint density at radius 3 is 2.90 bits per heavy atom. The summed E-state index contributed by atoms with van der Waals surface area (Å²) in [6.07, 6.45) is 2.46. The monoisotopic (exact) mass is 160 g/mol. The van der Waals surface area contributed by atoms with Gasteiger partial charge in [-0.25, -0.2) is 0 Å². The quantitative estimate of drug-likeness (QED) is 0.614. The van der Waals surface area contributed by atoms with Gasteiger partial charge in [0.15, 0.2) is 0 Å². The van der Waals surface area contributed by atoms with E-state index in [-0.39, 0.29) is 0 Å². The average molecular weight is 160 g/mol. The van der Waals surface area contributed by atoms with Gasteiger partial charge in [-0.3, -0.25) is 0 Å². The molecule has 0 bridgehead atoms. The highest BCUT2D eigenvalue weighted by Gasteiger charge is 2.17. The summed E-state index contributed by atoms with van der Waals surface area (Å²) in [7, 11) is 0. The van der Waals surface area contributed by atoms with Gasteiger partial charge in [-0.15, -0.1) is 11.8 Å². The van der Waals surface area contributed by atoms with Crippen molar-refractivity contribution in [2.75, 3.05) is 12.4 Å². The van der Waals surface area contributed by atoms with Gasteiger partial charge in [-0.1, -0.05) is 20.3 Å². The van der Waals surface area contributed by atoms with E-state index in [1.54, 1.807) is 0 Å². The molecule has 0 aliphatic carbocycles. The zero-order valence-electron chi connectivity index (χ0n) is 6.80. The van der Waals surface area contributed by atoms with Gasteiger partial charge in [0, 0.05) is 5.75 Å². The van der Waals surface area contributed by atoms with Crippen molar-refractivity contribution in [2.45, 2.75) is 32.1 Å². The fourth-order valence-electron chi connectivity index (χ4n) is 1.04. The maximum Gasteiger partial charge on any atom is 0.103 e. The zero-order valence-corrected chi connectivity index (χ0v) is 7.62. The van der Waals surface area contributed by atoms with Crippen LogP contribution in [0.25, 0.3) is 0 Å². The molecule has 2 atom stereocenters. The van der Waals surface area contributed by atoms with Crippen LogP contribution in [0.4, 0.5) is 0 Å². The van der Waals surface area contributed by atoms with Crippen LogP contribution in [0.3, 0.4) is 0 Å². The molecule has 1 nitrogen and oxygen atoms in total. The Hall–Kier alpha value is 0.310. The van der Waals surface area contributed by atoms with Crippen LogP contribution in [0.1, 0.15) is 26.7 Å². The van der Waals surface area contributed by atoms with Crippen molar-refractivity contribution in [3.8, 4) is 0 Å². The van der Waals surface area contributed by atoms with E-state index < -0.39 is 0 Å². The topological polar surface area (TPSA) is 9.23 Å². The van der Waals surface area contributed by atoms with E-state index in [9.17, 15) is 0 Å². The number of hydrogen-bond donors (Lipinski definition) is 0. The highest BCUT2D eigenvalue weighted by molar-refractivity contribution is 7.99. The van der Waals surface area contributed by atoms with Gasteiger partial charge >= 0.3 is 0 Å². The van der Waals surface area contributed by atoms with Crippen molar-refractivity contribution in [2.24, 2.45) is 5.92 Å². The van der Waals surface area contributed by atoms with Gasteiger partial charge in [0.25, 0.3) is 0 Å². The van der Waals surface area contributed by atoms with E-state index in [0.717, 1.165) is 12.5 Å². The maximum absolute atomic E-state index is 5.59. The normalized spacial score (nSPS) is 34.2. The first-order valence-electron chi connectivity index (χ1n) is 4.06. The summed E-state index contributed by atoms with van der Waals surface area (Å²) in [6, 6.07) is 0. The predicted octanol–water partition coefficient (Wildman–Crippen LogP) is 2.51. The average Bonchev–Trinajstić information content (AvgIpc) is 1.95. The zero-order chi connectivity index (χ0) is 7.40. The van der Waals surface area contributed by atoms with Gasteiger partial charge in [0.05, 0.1) is 6.61 Å². The predicted molar refractivity (Wildman–Crippen MR) is 46.3 cm³/mol. The van der Waals surface area contributed by atoms with Crippen LogP contribution in [-0.4, -0.2) is 17.8 Å². The lowest BCUT2D eigenvalue weighted by Crippen LogP contribution is -2.22. The molecule has 0 amide bonds. The molecular weight excluding hydrogens is 144 g/mol. The molecule has 1 heterocycles. The Labute approximate surface area is 67.5 Å². The van der Waals surface area contributed by atoms with Gasteiger partial charge < -0.3 is 4.74 Å². The Morgan fingerprint density at radius 2 is 2.40 bits per heavy atom. The fourth-order valence-corrected chi connectivity index (χ4v) is 2.26. The van der Waals surface area contributed by atoms with Crippen LogP contribution in [-0.2, 0) is 4.74 Å². The van der Waals surface area contributed by atoms with Crippen LogP contribution >= 0.6 is 11.8 Å². The molecule has 0 radical (unpaired) electrons. The second kappa shape index (κ2) is 4.24. The second-order valence-electron chi connectivity index (χ2n) is 2.99. The van der Waals surface area contributed by atoms with Crippen LogP contribution < -0.4 is 0 Å². The van der Waals surface area contributed by atoms with Crippen LogP contribution in [0, 0.1) is 5.92 Å². The summed E-state index contributed by atoms with van der Waals surface area (Å²) >= 11 is 1.97. The standard InChI is InChI=1S/C8H16OS/c1-3-4-8-9-5-7(2)6-10-8/h7-8H,3-6H2,1-2H3/t7-,8+/m1/s1. The summed E-state index contributed by atoms with van der Waals surface area (Å²) in [6.45, 7) is 5.43. The minimum atomic E-state index is 0.501. The van der Waals surface area contributed by atoms with Gasteiger partial charge in [-0.05, 0) is 12.3 Å². The molecule has 0 spiro atoms. The molecule has 1 aliphatic rings. The van der Waals surface area contributed by atoms with Crippen LogP contribution in [0.2, 0.25) is 0 Å². The molecule has 2 heteroatoms. The highest BCUT2D eigenvalue weighted by atomic mass is 32.2. The molecule has 0 aromatic heterocycles. The first-order valence-corrected chi connectivity index (χ1v) is 5.11. The van der Waals surface area contributed by atoms with E-state index in [4.69, 9.17) is 4.74 Å². The van der Waals surface area contributed by atoms with Crippen LogP contribution in [0.15, 0.2) is 0 Å². The Bertz CT molecular complexity index is 87.3. The first-order chi connectivity index (χ1) is 4.83. The number of ether oxygens (including phenoxy) is 1. The van der Waals surface area contributed by atoms with Crippen molar-refractivity contribution in [1.29, 1.82) is 0 Å². The van der Waals surface area contributed by atoms with E-state index in [1.165, 1.54) is 18.6 Å². The summed E-state index contributed by atoms with van der Waals surface area (Å²) in [4.78, 5) is 0. The third-order valence-electron chi connectivity index (χ3n) is 1.66. The minimum Gasteiger partial charge on any atom is -0.367 e. The lowest BCUT2D eigenvalue weighted by molar-refractivity contribution is 0.0762. The number of thioether (sulfide) groups is 1. The van der Waals surface area contributed by atoms with Crippen molar-refractivity contribution < 1.29 is 4.74 Å². The summed E-state index contributed by atoms with van der Waals surface area (Å²) in [5, 5.41) is 0. The minimum absolute atomic E-state index is 0.501. The maximum atomic E-state index is 5.59. The van der Waals surface area contributed by atoms with Gasteiger partial charge in [0.1, 0.15) is 5.44 Å². The highest BCUT2D eigenvalue weighted by Crippen LogP contribution is 2.25. The molecule has 0 unspecified atom stereocenters. The second-order valence-corrected chi connectivity index (χ2v) is 4.18.